The van der Waals surface area contributed by atoms with Crippen LogP contribution in [0.1, 0.15) is 39.2 Å². The van der Waals surface area contributed by atoms with Gasteiger partial charge in [0.15, 0.2) is 11.5 Å². The largest absolute Gasteiger partial charge is 0.490 e. The summed E-state index contributed by atoms with van der Waals surface area (Å²) in [4.78, 5) is 0. The predicted molar refractivity (Wildman–Crippen MR) is 75.4 cm³/mol. The van der Waals surface area contributed by atoms with Crippen LogP contribution in [0.25, 0.3) is 0 Å². The van der Waals surface area contributed by atoms with Crippen molar-refractivity contribution in [2.75, 3.05) is 19.8 Å². The van der Waals surface area contributed by atoms with Crippen LogP contribution in [-0.2, 0) is 6.54 Å². The van der Waals surface area contributed by atoms with E-state index in [2.05, 4.69) is 24.4 Å². The van der Waals surface area contributed by atoms with Crippen LogP contribution in [0, 0.1) is 0 Å². The Morgan fingerprint density at radius 1 is 1.00 bits per heavy atom. The molecule has 1 N–H and O–H groups in total. The van der Waals surface area contributed by atoms with Gasteiger partial charge in [-0.05, 0) is 44.5 Å². The molecule has 0 fully saturated rings. The molecule has 0 atom stereocenters. The van der Waals surface area contributed by atoms with Crippen LogP contribution in [-0.4, -0.2) is 19.8 Å². The fourth-order valence-corrected chi connectivity index (χ4v) is 1.74. The zero-order valence-corrected chi connectivity index (χ0v) is 11.8. The molecule has 0 heterocycles. The van der Waals surface area contributed by atoms with Crippen molar-refractivity contribution >= 4 is 0 Å². The maximum absolute atomic E-state index is 5.60. The van der Waals surface area contributed by atoms with Gasteiger partial charge in [0.25, 0.3) is 0 Å². The number of rotatable bonds is 9. The van der Waals surface area contributed by atoms with Gasteiger partial charge in [0.2, 0.25) is 0 Å². The summed E-state index contributed by atoms with van der Waals surface area (Å²) in [6.45, 7) is 9.44. The van der Waals surface area contributed by atoms with Gasteiger partial charge in [0.1, 0.15) is 0 Å². The highest BCUT2D eigenvalue weighted by Crippen LogP contribution is 2.28. The van der Waals surface area contributed by atoms with E-state index >= 15 is 0 Å². The highest BCUT2D eigenvalue weighted by molar-refractivity contribution is 5.43. The van der Waals surface area contributed by atoms with Crippen molar-refractivity contribution in [1.82, 2.24) is 5.32 Å². The van der Waals surface area contributed by atoms with Crippen LogP contribution in [0.3, 0.4) is 0 Å². The fourth-order valence-electron chi connectivity index (χ4n) is 1.74. The minimum Gasteiger partial charge on any atom is -0.490 e. The molecule has 1 aromatic rings. The van der Waals surface area contributed by atoms with E-state index in [1.807, 2.05) is 19.9 Å². The number of unbranched alkanes of at least 4 members (excludes halogenated alkanes) is 1. The van der Waals surface area contributed by atoms with Crippen molar-refractivity contribution in [2.24, 2.45) is 0 Å². The molecule has 0 aromatic heterocycles. The van der Waals surface area contributed by atoms with Gasteiger partial charge in [-0.25, -0.2) is 0 Å². The first-order valence-electron chi connectivity index (χ1n) is 6.91. The summed E-state index contributed by atoms with van der Waals surface area (Å²) in [5.41, 5.74) is 1.23. The number of hydrogen-bond donors (Lipinski definition) is 1. The van der Waals surface area contributed by atoms with E-state index in [0.717, 1.165) is 24.6 Å². The van der Waals surface area contributed by atoms with Gasteiger partial charge >= 0.3 is 0 Å². The molecule has 0 unspecified atom stereocenters. The predicted octanol–water partition coefficient (Wildman–Crippen LogP) is 3.37. The molecule has 18 heavy (non-hydrogen) atoms. The molecule has 3 nitrogen and oxygen atoms in total. The van der Waals surface area contributed by atoms with Gasteiger partial charge < -0.3 is 14.8 Å². The maximum atomic E-state index is 5.60. The van der Waals surface area contributed by atoms with Crippen LogP contribution in [0.5, 0.6) is 11.5 Å². The van der Waals surface area contributed by atoms with Crippen molar-refractivity contribution in [3.8, 4) is 11.5 Å². The molecule has 0 aliphatic heterocycles. The quantitative estimate of drug-likeness (QED) is 0.683. The van der Waals surface area contributed by atoms with Gasteiger partial charge in [0, 0.05) is 6.54 Å². The Morgan fingerprint density at radius 3 is 2.39 bits per heavy atom. The first-order valence-corrected chi connectivity index (χ1v) is 6.91. The van der Waals surface area contributed by atoms with Crippen molar-refractivity contribution in [1.29, 1.82) is 0 Å². The zero-order valence-electron chi connectivity index (χ0n) is 11.8. The average molecular weight is 251 g/mol. The van der Waals surface area contributed by atoms with Gasteiger partial charge in [-0.1, -0.05) is 19.4 Å². The second kappa shape index (κ2) is 8.81. The Labute approximate surface area is 110 Å². The molecule has 0 aliphatic rings. The summed E-state index contributed by atoms with van der Waals surface area (Å²) < 4.78 is 11.1. The molecule has 0 saturated carbocycles. The van der Waals surface area contributed by atoms with Crippen molar-refractivity contribution in [2.45, 2.75) is 40.2 Å². The molecule has 0 spiro atoms. The first kappa shape index (κ1) is 14.8. The highest BCUT2D eigenvalue weighted by Gasteiger charge is 2.05. The summed E-state index contributed by atoms with van der Waals surface area (Å²) in [6, 6.07) is 6.14. The molecule has 0 amide bonds. The van der Waals surface area contributed by atoms with E-state index in [1.165, 1.54) is 18.4 Å². The van der Waals surface area contributed by atoms with Crippen molar-refractivity contribution < 1.29 is 9.47 Å². The lowest BCUT2D eigenvalue weighted by molar-refractivity contribution is 0.287. The first-order chi connectivity index (χ1) is 8.81. The summed E-state index contributed by atoms with van der Waals surface area (Å²) in [6.07, 6.45) is 2.44. The maximum Gasteiger partial charge on any atom is 0.161 e. The van der Waals surface area contributed by atoms with Crippen LogP contribution >= 0.6 is 0 Å². The molecule has 1 aromatic carbocycles. The Morgan fingerprint density at radius 2 is 1.72 bits per heavy atom. The molecular weight excluding hydrogens is 226 g/mol. The average Bonchev–Trinajstić information content (AvgIpc) is 2.38. The zero-order chi connectivity index (χ0) is 13.2. The Hall–Kier alpha value is -1.22. The second-order valence-electron chi connectivity index (χ2n) is 4.18. The Balaban J connectivity index is 2.61. The summed E-state index contributed by atoms with van der Waals surface area (Å²) in [7, 11) is 0. The van der Waals surface area contributed by atoms with Crippen molar-refractivity contribution in [3.63, 3.8) is 0 Å². The van der Waals surface area contributed by atoms with Gasteiger partial charge in [-0.3, -0.25) is 0 Å². The monoisotopic (exact) mass is 251 g/mol. The molecule has 1 rings (SSSR count). The third-order valence-corrected chi connectivity index (χ3v) is 2.64. The third kappa shape index (κ3) is 4.96. The number of nitrogens with one attached hydrogen (secondary N) is 1. The van der Waals surface area contributed by atoms with E-state index in [4.69, 9.17) is 9.47 Å². The topological polar surface area (TPSA) is 30.5 Å². The molecule has 3 heteroatoms. The number of benzene rings is 1. The smallest absolute Gasteiger partial charge is 0.161 e. The van der Waals surface area contributed by atoms with Gasteiger partial charge in [-0.2, -0.15) is 0 Å². The summed E-state index contributed by atoms with van der Waals surface area (Å²) >= 11 is 0. The fraction of sp³-hybridized carbons (Fsp3) is 0.600. The van der Waals surface area contributed by atoms with Crippen LogP contribution < -0.4 is 14.8 Å². The standard InChI is InChI=1S/C15H25NO2/c1-4-7-10-16-12-13-8-9-14(17-5-2)15(11-13)18-6-3/h8-9,11,16H,4-7,10,12H2,1-3H3. The molecular formula is C15H25NO2. The summed E-state index contributed by atoms with van der Waals surface area (Å²) in [5.74, 6) is 1.67. The lowest BCUT2D eigenvalue weighted by atomic mass is 10.2. The molecule has 0 aliphatic carbocycles. The Bertz CT molecular complexity index is 339. The van der Waals surface area contributed by atoms with E-state index in [0.29, 0.717) is 13.2 Å². The van der Waals surface area contributed by atoms with Crippen LogP contribution in [0.2, 0.25) is 0 Å². The minimum absolute atomic E-state index is 0.660. The van der Waals surface area contributed by atoms with E-state index in [1.54, 1.807) is 0 Å². The lowest BCUT2D eigenvalue weighted by Crippen LogP contribution is -2.14. The van der Waals surface area contributed by atoms with Crippen LogP contribution in [0.15, 0.2) is 18.2 Å². The Kier molecular flexibility index (Phi) is 7.26. The third-order valence-electron chi connectivity index (χ3n) is 2.64. The minimum atomic E-state index is 0.660. The highest BCUT2D eigenvalue weighted by atomic mass is 16.5. The SMILES string of the molecule is CCCCNCc1ccc(OCC)c(OCC)c1. The summed E-state index contributed by atoms with van der Waals surface area (Å²) in [5, 5.41) is 3.43. The molecule has 0 bridgehead atoms. The van der Waals surface area contributed by atoms with Crippen molar-refractivity contribution in [3.05, 3.63) is 23.8 Å². The molecule has 0 saturated heterocycles. The van der Waals surface area contributed by atoms with E-state index in [9.17, 15) is 0 Å². The molecule has 0 radical (unpaired) electrons. The van der Waals surface area contributed by atoms with Gasteiger partial charge in [-0.15, -0.1) is 0 Å². The van der Waals surface area contributed by atoms with E-state index < -0.39 is 0 Å². The van der Waals surface area contributed by atoms with Gasteiger partial charge in [0.05, 0.1) is 13.2 Å². The van der Waals surface area contributed by atoms with Crippen LogP contribution in [0.4, 0.5) is 0 Å². The number of ether oxygens (including phenoxy) is 2. The lowest BCUT2D eigenvalue weighted by Gasteiger charge is -2.12. The molecule has 102 valence electrons. The van der Waals surface area contributed by atoms with E-state index in [-0.39, 0.29) is 0 Å². The normalized spacial score (nSPS) is 10.4. The second-order valence-corrected chi connectivity index (χ2v) is 4.18. The number of hydrogen-bond acceptors (Lipinski definition) is 3.